The number of carbonyl (C=O) groups excluding carboxylic acids is 4. The lowest BCUT2D eigenvalue weighted by Gasteiger charge is -2.10. The Morgan fingerprint density at radius 3 is 1.58 bits per heavy atom. The third-order valence-corrected chi connectivity index (χ3v) is 4.11. The summed E-state index contributed by atoms with van der Waals surface area (Å²) in [5, 5.41) is 0. The standard InChI is InChI=1S/C16H18N2O6/c19-9-17-11-1-3-13(7-11)23-15(21)5-6-16(22)24-14-4-2-12(8-14)18-10-20/h5-6,11-14H,1-4,7-8H2. The molecule has 24 heavy (non-hydrogen) atoms. The van der Waals surface area contributed by atoms with Gasteiger partial charge in [-0.25, -0.2) is 29.2 Å². The molecule has 2 fully saturated rings. The van der Waals surface area contributed by atoms with Gasteiger partial charge in [0.05, 0.1) is 12.1 Å². The van der Waals surface area contributed by atoms with E-state index in [0.29, 0.717) is 38.5 Å². The molecule has 0 aromatic rings. The minimum Gasteiger partial charge on any atom is -0.459 e. The van der Waals surface area contributed by atoms with E-state index in [1.165, 1.54) is 12.2 Å². The summed E-state index contributed by atoms with van der Waals surface area (Å²) in [6.45, 7) is 0. The van der Waals surface area contributed by atoms with Crippen LogP contribution in [0.25, 0.3) is 0 Å². The van der Waals surface area contributed by atoms with Crippen molar-refractivity contribution in [2.45, 2.75) is 62.8 Å². The number of isocyanates is 2. The Morgan fingerprint density at radius 1 is 0.792 bits per heavy atom. The summed E-state index contributed by atoms with van der Waals surface area (Å²) in [5.41, 5.74) is 0. The molecule has 128 valence electrons. The SMILES string of the molecule is O=C=NC1CCC(OC(=O)C=CC(=O)OC2CCC(N=C=O)C2)C1. The summed E-state index contributed by atoms with van der Waals surface area (Å²) in [4.78, 5) is 50.9. The Labute approximate surface area is 138 Å². The molecular weight excluding hydrogens is 316 g/mol. The monoisotopic (exact) mass is 334 g/mol. The molecule has 8 heteroatoms. The van der Waals surface area contributed by atoms with Crippen molar-refractivity contribution in [1.82, 2.24) is 0 Å². The van der Waals surface area contributed by atoms with Gasteiger partial charge >= 0.3 is 11.9 Å². The van der Waals surface area contributed by atoms with Crippen LogP contribution < -0.4 is 0 Å². The Morgan fingerprint density at radius 2 is 1.21 bits per heavy atom. The normalized spacial score (nSPS) is 28.8. The predicted molar refractivity (Wildman–Crippen MR) is 80.4 cm³/mol. The number of carbonyl (C=O) groups is 2. The summed E-state index contributed by atoms with van der Waals surface area (Å²) in [6.07, 6.45) is 8.00. The molecule has 4 unspecified atom stereocenters. The average Bonchev–Trinajstić information content (AvgIpc) is 3.16. The number of aliphatic imine (C=N–C) groups is 2. The number of rotatable bonds is 6. The average molecular weight is 334 g/mol. The zero-order valence-corrected chi connectivity index (χ0v) is 13.1. The van der Waals surface area contributed by atoms with Crippen LogP contribution >= 0.6 is 0 Å². The summed E-state index contributed by atoms with van der Waals surface area (Å²) >= 11 is 0. The fourth-order valence-electron chi connectivity index (χ4n) is 2.98. The van der Waals surface area contributed by atoms with Crippen molar-refractivity contribution in [3.8, 4) is 0 Å². The van der Waals surface area contributed by atoms with Gasteiger partial charge in [-0.1, -0.05) is 0 Å². The van der Waals surface area contributed by atoms with Crippen molar-refractivity contribution in [3.63, 3.8) is 0 Å². The lowest BCUT2D eigenvalue weighted by atomic mass is 10.3. The molecule has 0 aromatic carbocycles. The molecule has 8 nitrogen and oxygen atoms in total. The third-order valence-electron chi connectivity index (χ3n) is 4.11. The zero-order chi connectivity index (χ0) is 17.4. The molecule has 2 aliphatic carbocycles. The summed E-state index contributed by atoms with van der Waals surface area (Å²) < 4.78 is 10.4. The predicted octanol–water partition coefficient (Wildman–Crippen LogP) is 1.14. The first kappa shape index (κ1) is 17.8. The fourth-order valence-corrected chi connectivity index (χ4v) is 2.98. The van der Waals surface area contributed by atoms with Gasteiger partial charge < -0.3 is 9.47 Å². The van der Waals surface area contributed by atoms with Crippen molar-refractivity contribution in [2.24, 2.45) is 9.98 Å². The van der Waals surface area contributed by atoms with Gasteiger partial charge in [0.25, 0.3) is 0 Å². The molecule has 0 bridgehead atoms. The van der Waals surface area contributed by atoms with Crippen molar-refractivity contribution in [2.75, 3.05) is 0 Å². The highest BCUT2D eigenvalue weighted by Gasteiger charge is 2.28. The molecule has 0 N–H and O–H groups in total. The fraction of sp³-hybridized carbons (Fsp3) is 0.625. The van der Waals surface area contributed by atoms with Gasteiger partial charge in [-0.05, 0) is 25.7 Å². The highest BCUT2D eigenvalue weighted by molar-refractivity contribution is 5.91. The first-order valence-corrected chi connectivity index (χ1v) is 7.84. The van der Waals surface area contributed by atoms with Crippen molar-refractivity contribution in [3.05, 3.63) is 12.2 Å². The number of nitrogens with zero attached hydrogens (tertiary/aromatic N) is 2. The Balaban J connectivity index is 1.70. The number of hydrogen-bond donors (Lipinski definition) is 0. The van der Waals surface area contributed by atoms with Gasteiger partial charge in [0.2, 0.25) is 12.2 Å². The molecule has 2 rings (SSSR count). The van der Waals surface area contributed by atoms with Crippen molar-refractivity contribution >= 4 is 24.1 Å². The number of ether oxygens (including phenoxy) is 2. The van der Waals surface area contributed by atoms with E-state index in [1.807, 2.05) is 0 Å². The van der Waals surface area contributed by atoms with Crippen molar-refractivity contribution < 1.29 is 28.7 Å². The van der Waals surface area contributed by atoms with E-state index >= 15 is 0 Å². The minimum atomic E-state index is -0.637. The lowest BCUT2D eigenvalue weighted by molar-refractivity contribution is -0.145. The molecule has 0 amide bonds. The van der Waals surface area contributed by atoms with Crippen LogP contribution in [0.1, 0.15) is 38.5 Å². The molecule has 4 atom stereocenters. The summed E-state index contributed by atoms with van der Waals surface area (Å²) in [5.74, 6) is -1.27. The second-order valence-corrected chi connectivity index (χ2v) is 5.83. The van der Waals surface area contributed by atoms with Crippen LogP contribution in [0.5, 0.6) is 0 Å². The second-order valence-electron chi connectivity index (χ2n) is 5.83. The molecule has 2 aliphatic rings. The highest BCUT2D eigenvalue weighted by atomic mass is 16.5. The molecule has 0 aromatic heterocycles. The van der Waals surface area contributed by atoms with E-state index in [0.717, 1.165) is 12.2 Å². The van der Waals surface area contributed by atoms with E-state index in [-0.39, 0.29) is 24.3 Å². The molecule has 2 saturated carbocycles. The quantitative estimate of drug-likeness (QED) is 0.312. The maximum absolute atomic E-state index is 11.7. The Hall–Kier alpha value is -2.56. The summed E-state index contributed by atoms with van der Waals surface area (Å²) in [6, 6.07) is -0.308. The molecule has 0 saturated heterocycles. The van der Waals surface area contributed by atoms with E-state index in [4.69, 9.17) is 9.47 Å². The van der Waals surface area contributed by atoms with Gasteiger partial charge in [-0.3, -0.25) is 0 Å². The molecule has 0 aliphatic heterocycles. The van der Waals surface area contributed by atoms with Gasteiger partial charge in [0, 0.05) is 25.0 Å². The van der Waals surface area contributed by atoms with Gasteiger partial charge in [0.15, 0.2) is 0 Å². The number of hydrogen-bond acceptors (Lipinski definition) is 8. The third kappa shape index (κ3) is 5.57. The van der Waals surface area contributed by atoms with Crippen molar-refractivity contribution in [1.29, 1.82) is 0 Å². The first-order chi connectivity index (χ1) is 11.6. The van der Waals surface area contributed by atoms with Gasteiger partial charge in [-0.2, -0.15) is 0 Å². The van der Waals surface area contributed by atoms with Crippen LogP contribution in [-0.4, -0.2) is 48.4 Å². The minimum absolute atomic E-state index is 0.154. The summed E-state index contributed by atoms with van der Waals surface area (Å²) in [7, 11) is 0. The number of esters is 2. The zero-order valence-electron chi connectivity index (χ0n) is 13.1. The second kappa shape index (κ2) is 8.91. The van der Waals surface area contributed by atoms with E-state index in [1.54, 1.807) is 0 Å². The van der Waals surface area contributed by atoms with Crippen LogP contribution in [0.3, 0.4) is 0 Å². The molecule has 0 spiro atoms. The first-order valence-electron chi connectivity index (χ1n) is 7.84. The largest absolute Gasteiger partial charge is 0.459 e. The van der Waals surface area contributed by atoms with Gasteiger partial charge in [0.1, 0.15) is 12.2 Å². The van der Waals surface area contributed by atoms with E-state index in [2.05, 4.69) is 9.98 Å². The van der Waals surface area contributed by atoms with Crippen LogP contribution in [-0.2, 0) is 28.7 Å². The molecular formula is C16H18N2O6. The maximum Gasteiger partial charge on any atom is 0.331 e. The lowest BCUT2D eigenvalue weighted by Crippen LogP contribution is -2.16. The highest BCUT2D eigenvalue weighted by Crippen LogP contribution is 2.25. The Bertz CT molecular complexity index is 552. The Kier molecular flexibility index (Phi) is 6.61. The molecule has 0 heterocycles. The van der Waals surface area contributed by atoms with Crippen LogP contribution in [0, 0.1) is 0 Å². The smallest absolute Gasteiger partial charge is 0.331 e. The topological polar surface area (TPSA) is 111 Å². The maximum atomic E-state index is 11.7. The van der Waals surface area contributed by atoms with Gasteiger partial charge in [-0.15, -0.1) is 0 Å². The molecule has 0 radical (unpaired) electrons. The van der Waals surface area contributed by atoms with Crippen LogP contribution in [0.15, 0.2) is 22.1 Å². The van der Waals surface area contributed by atoms with E-state index < -0.39 is 11.9 Å². The van der Waals surface area contributed by atoms with Crippen LogP contribution in [0.2, 0.25) is 0 Å². The van der Waals surface area contributed by atoms with Crippen LogP contribution in [0.4, 0.5) is 0 Å². The van der Waals surface area contributed by atoms with E-state index in [9.17, 15) is 19.2 Å².